The van der Waals surface area contributed by atoms with Gasteiger partial charge in [0.1, 0.15) is 0 Å². The second-order valence-electron chi connectivity index (χ2n) is 6.96. The number of ether oxygens (including phenoxy) is 1. The number of carbonyl (C=O) groups is 1. The van der Waals surface area contributed by atoms with Crippen LogP contribution in [-0.4, -0.2) is 38.9 Å². The smallest absolute Gasteiger partial charge is 0.262 e. The highest BCUT2D eigenvalue weighted by atomic mass is 35.5. The van der Waals surface area contributed by atoms with E-state index < -0.39 is 0 Å². The Morgan fingerprint density at radius 2 is 2.06 bits per heavy atom. The number of para-hydroxylation sites is 1. The molecule has 0 saturated carbocycles. The lowest BCUT2D eigenvalue weighted by atomic mass is 10.2. The maximum absolute atomic E-state index is 13.0. The number of thioether (sulfide) groups is 1. The number of anilines is 1. The third-order valence-corrected chi connectivity index (χ3v) is 5.67. The average molecular weight is 481 g/mol. The molecule has 164 valence electrons. The van der Waals surface area contributed by atoms with Crippen LogP contribution in [0.5, 0.6) is 0 Å². The fraction of sp³-hybridized carbons (Fsp3) is 0.333. The minimum Gasteiger partial charge on any atom is -0.379 e. The van der Waals surface area contributed by atoms with Crippen molar-refractivity contribution >= 4 is 57.6 Å². The van der Waals surface area contributed by atoms with Crippen molar-refractivity contribution in [3.8, 4) is 0 Å². The Bertz CT molecular complexity index is 1140. The molecule has 0 aliphatic heterocycles. The Morgan fingerprint density at radius 3 is 2.81 bits per heavy atom. The predicted octanol–water partition coefficient (Wildman–Crippen LogP) is 4.64. The number of carbonyl (C=O) groups excluding carboxylic acids is 1. The van der Waals surface area contributed by atoms with Crippen molar-refractivity contribution in [1.29, 1.82) is 0 Å². The highest BCUT2D eigenvalue weighted by molar-refractivity contribution is 7.99. The van der Waals surface area contributed by atoms with Gasteiger partial charge in [0.25, 0.3) is 5.56 Å². The molecule has 0 unspecified atom stereocenters. The molecule has 0 saturated heterocycles. The van der Waals surface area contributed by atoms with Crippen LogP contribution in [0.1, 0.15) is 20.3 Å². The second kappa shape index (κ2) is 10.9. The van der Waals surface area contributed by atoms with Crippen molar-refractivity contribution < 1.29 is 9.53 Å². The van der Waals surface area contributed by atoms with Gasteiger partial charge in [0, 0.05) is 19.3 Å². The molecule has 31 heavy (non-hydrogen) atoms. The molecule has 0 aliphatic carbocycles. The summed E-state index contributed by atoms with van der Waals surface area (Å²) in [6, 6.07) is 8.66. The van der Waals surface area contributed by atoms with Gasteiger partial charge in [-0.05, 0) is 38.5 Å². The number of hydrogen-bond donors (Lipinski definition) is 1. The quantitative estimate of drug-likeness (QED) is 0.272. The zero-order chi connectivity index (χ0) is 22.4. The SMILES string of the molecule is CC(C)OCCCn1c(SCC(=O)Nc2ncc(Cl)cc2Cl)nc2ccccc2c1=O. The highest BCUT2D eigenvalue weighted by Crippen LogP contribution is 2.23. The Balaban J connectivity index is 1.76. The van der Waals surface area contributed by atoms with E-state index in [2.05, 4.69) is 15.3 Å². The molecule has 2 aromatic heterocycles. The first kappa shape index (κ1) is 23.5. The topological polar surface area (TPSA) is 86.1 Å². The van der Waals surface area contributed by atoms with Crippen molar-refractivity contribution in [1.82, 2.24) is 14.5 Å². The summed E-state index contributed by atoms with van der Waals surface area (Å²) in [7, 11) is 0. The van der Waals surface area contributed by atoms with E-state index in [0.29, 0.717) is 40.7 Å². The molecule has 0 fully saturated rings. The maximum atomic E-state index is 13.0. The summed E-state index contributed by atoms with van der Waals surface area (Å²) in [4.78, 5) is 34.1. The molecule has 0 bridgehead atoms. The average Bonchev–Trinajstić information content (AvgIpc) is 2.73. The third-order valence-electron chi connectivity index (χ3n) is 4.20. The molecule has 3 rings (SSSR count). The molecule has 1 amide bonds. The number of nitrogens with zero attached hydrogens (tertiary/aromatic N) is 3. The van der Waals surface area contributed by atoms with Crippen LogP contribution in [0, 0.1) is 0 Å². The number of benzene rings is 1. The van der Waals surface area contributed by atoms with Crippen molar-refractivity contribution in [3.05, 3.63) is 56.9 Å². The van der Waals surface area contributed by atoms with Crippen molar-refractivity contribution in [3.63, 3.8) is 0 Å². The van der Waals surface area contributed by atoms with Gasteiger partial charge in [-0.2, -0.15) is 0 Å². The van der Waals surface area contributed by atoms with Crippen LogP contribution in [0.4, 0.5) is 5.82 Å². The lowest BCUT2D eigenvalue weighted by molar-refractivity contribution is -0.113. The third kappa shape index (κ3) is 6.43. The van der Waals surface area contributed by atoms with Gasteiger partial charge in [-0.25, -0.2) is 9.97 Å². The van der Waals surface area contributed by atoms with Gasteiger partial charge in [-0.3, -0.25) is 14.2 Å². The number of hydrogen-bond acceptors (Lipinski definition) is 6. The van der Waals surface area contributed by atoms with E-state index in [0.717, 1.165) is 0 Å². The van der Waals surface area contributed by atoms with E-state index in [-0.39, 0.29) is 34.2 Å². The minimum atomic E-state index is -0.321. The number of halogens is 2. The Hall–Kier alpha value is -2.13. The van der Waals surface area contributed by atoms with E-state index >= 15 is 0 Å². The summed E-state index contributed by atoms with van der Waals surface area (Å²) in [6.07, 6.45) is 2.18. The molecule has 3 aromatic rings. The molecular weight excluding hydrogens is 459 g/mol. The minimum absolute atomic E-state index is 0.0356. The monoisotopic (exact) mass is 480 g/mol. The number of pyridine rings is 1. The van der Waals surface area contributed by atoms with Crippen LogP contribution >= 0.6 is 35.0 Å². The maximum Gasteiger partial charge on any atom is 0.262 e. The fourth-order valence-electron chi connectivity index (χ4n) is 2.80. The molecule has 1 aromatic carbocycles. The zero-order valence-corrected chi connectivity index (χ0v) is 19.4. The van der Waals surface area contributed by atoms with Gasteiger partial charge in [-0.1, -0.05) is 47.1 Å². The summed E-state index contributed by atoms with van der Waals surface area (Å²) in [5.74, 6) is -0.0568. The molecule has 0 spiro atoms. The molecule has 0 atom stereocenters. The van der Waals surface area contributed by atoms with E-state index in [1.54, 1.807) is 22.8 Å². The summed E-state index contributed by atoms with van der Waals surface area (Å²) in [5.41, 5.74) is 0.452. The standard InChI is InChI=1S/C21H22Cl2N4O3S/c1-13(2)30-9-5-8-27-20(29)15-6-3-4-7-17(15)25-21(27)31-12-18(28)26-19-16(23)10-14(22)11-24-19/h3-4,6-7,10-11,13H,5,8-9,12H2,1-2H3,(H,24,26,28). The van der Waals surface area contributed by atoms with Crippen LogP contribution in [0.3, 0.4) is 0 Å². The van der Waals surface area contributed by atoms with Crippen LogP contribution in [0.15, 0.2) is 46.5 Å². The summed E-state index contributed by atoms with van der Waals surface area (Å²) < 4.78 is 7.17. The largest absolute Gasteiger partial charge is 0.379 e. The van der Waals surface area contributed by atoms with Gasteiger partial charge in [-0.15, -0.1) is 0 Å². The summed E-state index contributed by atoms with van der Waals surface area (Å²) in [6.45, 7) is 4.90. The molecule has 0 aliphatic rings. The van der Waals surface area contributed by atoms with Crippen LogP contribution in [0.2, 0.25) is 10.0 Å². The van der Waals surface area contributed by atoms with E-state index in [9.17, 15) is 9.59 Å². The number of aromatic nitrogens is 3. The van der Waals surface area contributed by atoms with Crippen molar-refractivity contribution in [2.45, 2.75) is 38.1 Å². The van der Waals surface area contributed by atoms with Crippen molar-refractivity contribution in [2.75, 3.05) is 17.7 Å². The van der Waals surface area contributed by atoms with Crippen LogP contribution in [-0.2, 0) is 16.1 Å². The van der Waals surface area contributed by atoms with Crippen LogP contribution in [0.25, 0.3) is 10.9 Å². The lowest BCUT2D eigenvalue weighted by Crippen LogP contribution is -2.25. The molecule has 7 nitrogen and oxygen atoms in total. The molecule has 1 N–H and O–H groups in total. The fourth-order valence-corrected chi connectivity index (χ4v) is 4.05. The normalized spacial score (nSPS) is 11.3. The van der Waals surface area contributed by atoms with Gasteiger partial charge in [0.15, 0.2) is 11.0 Å². The lowest BCUT2D eigenvalue weighted by Gasteiger charge is -2.14. The number of amides is 1. The first-order valence-electron chi connectivity index (χ1n) is 9.70. The van der Waals surface area contributed by atoms with Gasteiger partial charge >= 0.3 is 0 Å². The molecule has 0 radical (unpaired) electrons. The molecule has 10 heteroatoms. The molecular formula is C21H22Cl2N4O3S. The predicted molar refractivity (Wildman–Crippen MR) is 125 cm³/mol. The van der Waals surface area contributed by atoms with Gasteiger partial charge in [0.05, 0.1) is 32.8 Å². The first-order valence-corrected chi connectivity index (χ1v) is 11.4. The molecule has 2 heterocycles. The van der Waals surface area contributed by atoms with E-state index in [4.69, 9.17) is 27.9 Å². The van der Waals surface area contributed by atoms with E-state index in [1.165, 1.54) is 24.0 Å². The highest BCUT2D eigenvalue weighted by Gasteiger charge is 2.14. The first-order chi connectivity index (χ1) is 14.8. The zero-order valence-electron chi connectivity index (χ0n) is 17.1. The summed E-state index contributed by atoms with van der Waals surface area (Å²) >= 11 is 13.1. The summed E-state index contributed by atoms with van der Waals surface area (Å²) in [5, 5.41) is 4.28. The van der Waals surface area contributed by atoms with Crippen molar-refractivity contribution in [2.24, 2.45) is 0 Å². The van der Waals surface area contributed by atoms with E-state index in [1.807, 2.05) is 19.9 Å². The number of rotatable bonds is 9. The number of nitrogens with one attached hydrogen (secondary N) is 1. The van der Waals surface area contributed by atoms with Gasteiger partial charge in [0.2, 0.25) is 5.91 Å². The van der Waals surface area contributed by atoms with Crippen LogP contribution < -0.4 is 10.9 Å². The Morgan fingerprint density at radius 1 is 1.29 bits per heavy atom. The van der Waals surface area contributed by atoms with Gasteiger partial charge < -0.3 is 10.1 Å². The Labute approximate surface area is 194 Å². The second-order valence-corrected chi connectivity index (χ2v) is 8.75. The number of fused-ring (bicyclic) bond motifs is 1. The Kier molecular flexibility index (Phi) is 8.31.